The average Bonchev–Trinajstić information content (AvgIpc) is 2.85. The summed E-state index contributed by atoms with van der Waals surface area (Å²) in [5, 5.41) is 0. The first kappa shape index (κ1) is 15.6. The predicted octanol–water partition coefficient (Wildman–Crippen LogP) is 2.48. The summed E-state index contributed by atoms with van der Waals surface area (Å²) in [6.45, 7) is 5.63. The van der Waals surface area contributed by atoms with Crippen LogP contribution in [0.15, 0.2) is 24.3 Å². The number of amides is 1. The molecule has 1 amide bonds. The van der Waals surface area contributed by atoms with Gasteiger partial charge in [0.1, 0.15) is 12.4 Å². The van der Waals surface area contributed by atoms with Gasteiger partial charge in [0, 0.05) is 13.2 Å². The summed E-state index contributed by atoms with van der Waals surface area (Å²) >= 11 is 0. The molecule has 0 aromatic heterocycles. The molecule has 1 saturated heterocycles. The normalized spacial score (nSPS) is 18.2. The van der Waals surface area contributed by atoms with Gasteiger partial charge in [-0.25, -0.2) is 4.79 Å². The minimum absolute atomic E-state index is 0.155. The Morgan fingerprint density at radius 2 is 2.05 bits per heavy atom. The number of benzene rings is 1. The molecule has 116 valence electrons. The number of carbonyl (C=O) groups excluding carboxylic acids is 1. The summed E-state index contributed by atoms with van der Waals surface area (Å²) in [6.07, 6.45) is 0.432. The second kappa shape index (κ2) is 7.31. The van der Waals surface area contributed by atoms with Crippen molar-refractivity contribution in [3.05, 3.63) is 29.8 Å². The molecule has 21 heavy (non-hydrogen) atoms. The molecule has 0 bridgehead atoms. The van der Waals surface area contributed by atoms with Gasteiger partial charge >= 0.3 is 6.09 Å². The van der Waals surface area contributed by atoms with E-state index in [1.165, 1.54) is 5.56 Å². The van der Waals surface area contributed by atoms with Crippen molar-refractivity contribution in [3.63, 3.8) is 0 Å². The molecule has 5 nitrogen and oxygen atoms in total. The van der Waals surface area contributed by atoms with Crippen LogP contribution in [0.5, 0.6) is 5.75 Å². The van der Waals surface area contributed by atoms with E-state index < -0.39 is 0 Å². The Morgan fingerprint density at radius 3 is 2.62 bits per heavy atom. The molecule has 0 spiro atoms. The second-order valence-corrected chi connectivity index (χ2v) is 5.45. The smallest absolute Gasteiger partial charge is 0.410 e. The molecule has 5 heteroatoms. The Balaban J connectivity index is 1.79. The number of nitrogens with zero attached hydrogens (tertiary/aromatic N) is 1. The SMILES string of the molecule is COCCc1ccc(OCC2CN(C(C)C)C(=O)O2)cc1. The Bertz CT molecular complexity index is 458. The number of methoxy groups -OCH3 is 1. The summed E-state index contributed by atoms with van der Waals surface area (Å²) in [4.78, 5) is 13.3. The van der Waals surface area contributed by atoms with Gasteiger partial charge in [-0.3, -0.25) is 0 Å². The molecule has 1 aromatic carbocycles. The molecule has 0 aliphatic carbocycles. The fraction of sp³-hybridized carbons (Fsp3) is 0.562. The van der Waals surface area contributed by atoms with Crippen molar-refractivity contribution in [2.24, 2.45) is 0 Å². The molecule has 2 rings (SSSR count). The molecular formula is C16H23NO4. The van der Waals surface area contributed by atoms with Crippen LogP contribution < -0.4 is 4.74 Å². The zero-order valence-electron chi connectivity index (χ0n) is 12.9. The van der Waals surface area contributed by atoms with E-state index in [1.54, 1.807) is 12.0 Å². The number of hydrogen-bond donors (Lipinski definition) is 0. The fourth-order valence-electron chi connectivity index (χ4n) is 2.21. The highest BCUT2D eigenvalue weighted by Crippen LogP contribution is 2.17. The van der Waals surface area contributed by atoms with Crippen molar-refractivity contribution in [2.75, 3.05) is 26.9 Å². The zero-order valence-corrected chi connectivity index (χ0v) is 12.9. The van der Waals surface area contributed by atoms with Crippen LogP contribution in [0.4, 0.5) is 4.79 Å². The van der Waals surface area contributed by atoms with Crippen LogP contribution in [-0.4, -0.2) is 50.0 Å². The molecule has 1 unspecified atom stereocenters. The monoisotopic (exact) mass is 293 g/mol. The lowest BCUT2D eigenvalue weighted by Gasteiger charge is -2.16. The minimum Gasteiger partial charge on any atom is -0.490 e. The zero-order chi connectivity index (χ0) is 15.2. The third-order valence-electron chi connectivity index (χ3n) is 3.48. The van der Waals surface area contributed by atoms with Gasteiger partial charge in [0.25, 0.3) is 0 Å². The predicted molar refractivity (Wildman–Crippen MR) is 79.6 cm³/mol. The molecule has 0 N–H and O–H groups in total. The van der Waals surface area contributed by atoms with E-state index in [0.29, 0.717) is 19.8 Å². The van der Waals surface area contributed by atoms with Gasteiger partial charge in [0.2, 0.25) is 0 Å². The van der Waals surface area contributed by atoms with Gasteiger partial charge < -0.3 is 19.1 Å². The van der Waals surface area contributed by atoms with Crippen LogP contribution in [0.3, 0.4) is 0 Å². The molecule has 0 saturated carbocycles. The Labute approximate surface area is 125 Å². The van der Waals surface area contributed by atoms with Crippen LogP contribution in [0.2, 0.25) is 0 Å². The average molecular weight is 293 g/mol. The molecule has 1 atom stereocenters. The van der Waals surface area contributed by atoms with Gasteiger partial charge in [0.05, 0.1) is 13.2 Å². The molecule has 1 aromatic rings. The van der Waals surface area contributed by atoms with Crippen LogP contribution in [-0.2, 0) is 15.9 Å². The van der Waals surface area contributed by atoms with Crippen molar-refractivity contribution in [1.29, 1.82) is 0 Å². The maximum atomic E-state index is 11.6. The first-order chi connectivity index (χ1) is 10.1. The van der Waals surface area contributed by atoms with Crippen LogP contribution in [0.25, 0.3) is 0 Å². The van der Waals surface area contributed by atoms with E-state index in [9.17, 15) is 4.79 Å². The summed E-state index contributed by atoms with van der Waals surface area (Å²) < 4.78 is 16.0. The second-order valence-electron chi connectivity index (χ2n) is 5.45. The lowest BCUT2D eigenvalue weighted by Crippen LogP contribution is -2.32. The summed E-state index contributed by atoms with van der Waals surface area (Å²) in [5.41, 5.74) is 1.21. The summed E-state index contributed by atoms with van der Waals surface area (Å²) in [5.74, 6) is 0.787. The summed E-state index contributed by atoms with van der Waals surface area (Å²) in [7, 11) is 1.70. The Hall–Kier alpha value is -1.75. The van der Waals surface area contributed by atoms with E-state index >= 15 is 0 Å². The number of ether oxygens (including phenoxy) is 3. The van der Waals surface area contributed by atoms with Crippen LogP contribution in [0, 0.1) is 0 Å². The molecule has 0 radical (unpaired) electrons. The fourth-order valence-corrected chi connectivity index (χ4v) is 2.21. The lowest BCUT2D eigenvalue weighted by molar-refractivity contribution is 0.102. The van der Waals surface area contributed by atoms with Gasteiger partial charge in [-0.15, -0.1) is 0 Å². The van der Waals surface area contributed by atoms with Crippen molar-refractivity contribution in [1.82, 2.24) is 4.90 Å². The van der Waals surface area contributed by atoms with E-state index in [1.807, 2.05) is 38.1 Å². The van der Waals surface area contributed by atoms with Crippen LogP contribution >= 0.6 is 0 Å². The number of carbonyl (C=O) groups is 1. The van der Waals surface area contributed by atoms with Crippen molar-refractivity contribution in [2.45, 2.75) is 32.4 Å². The minimum atomic E-state index is -0.256. The lowest BCUT2D eigenvalue weighted by atomic mass is 10.1. The van der Waals surface area contributed by atoms with Gasteiger partial charge in [0.15, 0.2) is 6.10 Å². The molecule has 1 heterocycles. The summed E-state index contributed by atoms with van der Waals surface area (Å²) in [6, 6.07) is 8.07. The van der Waals surface area contributed by atoms with E-state index in [2.05, 4.69) is 0 Å². The Kier molecular flexibility index (Phi) is 5.44. The first-order valence-corrected chi connectivity index (χ1v) is 7.28. The molecule has 1 aliphatic heterocycles. The number of hydrogen-bond acceptors (Lipinski definition) is 4. The van der Waals surface area contributed by atoms with Gasteiger partial charge in [-0.1, -0.05) is 12.1 Å². The van der Waals surface area contributed by atoms with Gasteiger partial charge in [-0.2, -0.15) is 0 Å². The number of cyclic esters (lactones) is 1. The topological polar surface area (TPSA) is 48.0 Å². The first-order valence-electron chi connectivity index (χ1n) is 7.28. The Morgan fingerprint density at radius 1 is 1.33 bits per heavy atom. The standard InChI is InChI=1S/C16H23NO4/c1-12(2)17-10-15(21-16(17)18)11-20-14-6-4-13(5-7-14)8-9-19-3/h4-7,12,15H,8-11H2,1-3H3. The highest BCUT2D eigenvalue weighted by molar-refractivity contribution is 5.70. The van der Waals surface area contributed by atoms with Crippen LogP contribution in [0.1, 0.15) is 19.4 Å². The number of rotatable bonds is 7. The van der Waals surface area contributed by atoms with Crippen molar-refractivity contribution < 1.29 is 19.0 Å². The quantitative estimate of drug-likeness (QED) is 0.775. The molecular weight excluding hydrogens is 270 g/mol. The van der Waals surface area contributed by atoms with E-state index in [0.717, 1.165) is 12.2 Å². The maximum Gasteiger partial charge on any atom is 0.410 e. The largest absolute Gasteiger partial charge is 0.490 e. The molecule has 1 aliphatic rings. The third kappa shape index (κ3) is 4.36. The molecule has 1 fully saturated rings. The van der Waals surface area contributed by atoms with Gasteiger partial charge in [-0.05, 0) is 38.0 Å². The highest BCUT2D eigenvalue weighted by atomic mass is 16.6. The maximum absolute atomic E-state index is 11.6. The van der Waals surface area contributed by atoms with Crippen molar-refractivity contribution >= 4 is 6.09 Å². The third-order valence-corrected chi connectivity index (χ3v) is 3.48. The van der Waals surface area contributed by atoms with E-state index in [4.69, 9.17) is 14.2 Å². The highest BCUT2D eigenvalue weighted by Gasteiger charge is 2.33. The van der Waals surface area contributed by atoms with E-state index in [-0.39, 0.29) is 18.2 Å². The van der Waals surface area contributed by atoms with Crippen molar-refractivity contribution in [3.8, 4) is 5.75 Å².